The van der Waals surface area contributed by atoms with E-state index in [9.17, 15) is 14.4 Å². The molecule has 63 heavy (non-hydrogen) atoms. The molecule has 342 valence electrons. The first-order chi connectivity index (χ1) is 30.9. The minimum absolute atomic E-state index is 0.0288. The maximum absolute atomic E-state index is 13.6. The van der Waals surface area contributed by atoms with E-state index >= 15 is 0 Å². The van der Waals surface area contributed by atoms with E-state index in [0.29, 0.717) is 37.1 Å². The van der Waals surface area contributed by atoms with Crippen molar-refractivity contribution < 1.29 is 42.8 Å². The number of hydrogen-bond acceptors (Lipinski definition) is 9. The lowest BCUT2D eigenvalue weighted by Crippen LogP contribution is -2.16. The summed E-state index contributed by atoms with van der Waals surface area (Å²) < 4.78 is 34.8. The summed E-state index contributed by atoms with van der Waals surface area (Å²) in [5.74, 6) is 0.584. The Hall–Kier alpha value is -5.31. The topological polar surface area (TPSA) is 107 Å². The second kappa shape index (κ2) is 30.7. The molecule has 0 N–H and O–H groups in total. The summed E-state index contributed by atoms with van der Waals surface area (Å²) in [4.78, 5) is 40.7. The van der Waals surface area contributed by atoms with Gasteiger partial charge in [0.1, 0.15) is 34.5 Å². The van der Waals surface area contributed by atoms with Crippen LogP contribution < -0.4 is 28.4 Å². The normalized spacial score (nSPS) is 10.9. The molecule has 0 atom stereocenters. The molecule has 0 radical (unpaired) electrons. The summed E-state index contributed by atoms with van der Waals surface area (Å²) in [5, 5.41) is 0. The number of esters is 3. The number of carbonyl (C=O) groups is 3. The van der Waals surface area contributed by atoms with E-state index in [1.165, 1.54) is 115 Å². The average Bonchev–Trinajstić information content (AvgIpc) is 3.30. The van der Waals surface area contributed by atoms with Crippen molar-refractivity contribution in [2.24, 2.45) is 0 Å². The Morgan fingerprint density at radius 2 is 0.508 bits per heavy atom. The van der Waals surface area contributed by atoms with Crippen LogP contribution in [0.2, 0.25) is 0 Å². The third-order valence-corrected chi connectivity index (χ3v) is 10.8. The third-order valence-electron chi connectivity index (χ3n) is 10.8. The SMILES string of the molecule is CCCCCCCCCOc1ccc(OC(=O)c2cc(C(=O)Oc3ccc(OCCCCCCCCC)cc3)cc(C(=O)Oc3ccc(OCCCCCCCCC)cc3)c2)cc1. The molecule has 4 aromatic carbocycles. The maximum Gasteiger partial charge on any atom is 0.343 e. The Bertz CT molecular complexity index is 1640. The van der Waals surface area contributed by atoms with Crippen LogP contribution in [-0.2, 0) is 0 Å². The van der Waals surface area contributed by atoms with Crippen LogP contribution >= 0.6 is 0 Å². The Balaban J connectivity index is 1.38. The summed E-state index contributed by atoms with van der Waals surface area (Å²) in [6.45, 7) is 8.50. The van der Waals surface area contributed by atoms with E-state index in [1.807, 2.05) is 0 Å². The number of rotatable bonds is 33. The van der Waals surface area contributed by atoms with Gasteiger partial charge in [-0.25, -0.2) is 14.4 Å². The average molecular weight is 865 g/mol. The van der Waals surface area contributed by atoms with Crippen molar-refractivity contribution in [2.75, 3.05) is 19.8 Å². The molecule has 0 fully saturated rings. The molecule has 0 heterocycles. The molecular formula is C54H72O9. The predicted molar refractivity (Wildman–Crippen MR) is 251 cm³/mol. The minimum Gasteiger partial charge on any atom is -0.494 e. The predicted octanol–water partition coefficient (Wildman–Crippen LogP) is 14.7. The summed E-state index contributed by atoms with van der Waals surface area (Å²) in [7, 11) is 0. The summed E-state index contributed by atoms with van der Waals surface area (Å²) in [5.41, 5.74) is -0.0864. The molecule has 0 spiro atoms. The molecule has 4 rings (SSSR count). The molecule has 0 saturated carbocycles. The van der Waals surface area contributed by atoms with Crippen molar-refractivity contribution in [2.45, 2.75) is 156 Å². The quantitative estimate of drug-likeness (QED) is 0.0263. The fourth-order valence-electron chi connectivity index (χ4n) is 7.04. The van der Waals surface area contributed by atoms with Gasteiger partial charge in [-0.2, -0.15) is 0 Å². The van der Waals surface area contributed by atoms with Gasteiger partial charge in [0.25, 0.3) is 0 Å². The van der Waals surface area contributed by atoms with E-state index in [1.54, 1.807) is 72.8 Å². The zero-order valence-electron chi connectivity index (χ0n) is 38.3. The fraction of sp³-hybridized carbons (Fsp3) is 0.500. The minimum atomic E-state index is -0.764. The van der Waals surface area contributed by atoms with Gasteiger partial charge < -0.3 is 28.4 Å². The van der Waals surface area contributed by atoms with Crippen molar-refractivity contribution in [1.82, 2.24) is 0 Å². The number of ether oxygens (including phenoxy) is 6. The van der Waals surface area contributed by atoms with E-state index in [2.05, 4.69) is 20.8 Å². The molecule has 0 saturated heterocycles. The second-order valence-corrected chi connectivity index (χ2v) is 16.3. The van der Waals surface area contributed by atoms with Gasteiger partial charge >= 0.3 is 17.9 Å². The highest BCUT2D eigenvalue weighted by Crippen LogP contribution is 2.25. The van der Waals surface area contributed by atoms with Crippen LogP contribution in [0.15, 0.2) is 91.0 Å². The van der Waals surface area contributed by atoms with Crippen molar-refractivity contribution in [1.29, 1.82) is 0 Å². The molecule has 4 aromatic rings. The van der Waals surface area contributed by atoms with Crippen LogP contribution in [0.5, 0.6) is 34.5 Å². The van der Waals surface area contributed by atoms with E-state index in [0.717, 1.165) is 38.5 Å². The molecule has 9 nitrogen and oxygen atoms in total. The first kappa shape index (κ1) is 50.3. The van der Waals surface area contributed by atoms with Crippen LogP contribution in [0.4, 0.5) is 0 Å². The molecule has 0 aromatic heterocycles. The molecule has 0 bridgehead atoms. The van der Waals surface area contributed by atoms with Crippen molar-refractivity contribution in [3.63, 3.8) is 0 Å². The number of carbonyl (C=O) groups excluding carboxylic acids is 3. The first-order valence-corrected chi connectivity index (χ1v) is 23.9. The van der Waals surface area contributed by atoms with Crippen LogP contribution in [0, 0.1) is 0 Å². The Morgan fingerprint density at radius 1 is 0.302 bits per heavy atom. The highest BCUT2D eigenvalue weighted by Gasteiger charge is 2.21. The standard InChI is InChI=1S/C54H72O9/c1-4-7-10-13-16-19-22-37-58-46-25-31-49(32-26-46)61-52(55)43-40-44(53(56)62-50-33-27-47(28-34-50)59-38-23-20-17-14-11-8-5-2)42-45(41-43)54(57)63-51-35-29-48(30-36-51)60-39-24-21-18-15-12-9-6-3/h25-36,40-42H,4-24,37-39H2,1-3H3. The lowest BCUT2D eigenvalue weighted by Gasteiger charge is -2.12. The van der Waals surface area contributed by atoms with Crippen LogP contribution in [-0.4, -0.2) is 37.7 Å². The molecule has 0 amide bonds. The lowest BCUT2D eigenvalue weighted by atomic mass is 10.1. The van der Waals surface area contributed by atoms with Gasteiger partial charge in [0.15, 0.2) is 0 Å². The van der Waals surface area contributed by atoms with Crippen molar-refractivity contribution >= 4 is 17.9 Å². The van der Waals surface area contributed by atoms with Crippen LogP contribution in [0.1, 0.15) is 187 Å². The molecule has 9 heteroatoms. The van der Waals surface area contributed by atoms with Crippen LogP contribution in [0.25, 0.3) is 0 Å². The lowest BCUT2D eigenvalue weighted by molar-refractivity contribution is 0.0734. The maximum atomic E-state index is 13.6. The number of unbranched alkanes of at least 4 members (excludes halogenated alkanes) is 18. The largest absolute Gasteiger partial charge is 0.494 e. The number of hydrogen-bond donors (Lipinski definition) is 0. The summed E-state index contributed by atoms with van der Waals surface area (Å²) in [6.07, 6.45) is 25.1. The smallest absolute Gasteiger partial charge is 0.343 e. The van der Waals surface area contributed by atoms with Gasteiger partial charge in [-0.15, -0.1) is 0 Å². The van der Waals surface area contributed by atoms with Crippen molar-refractivity contribution in [3.05, 3.63) is 108 Å². The van der Waals surface area contributed by atoms with Gasteiger partial charge in [-0.05, 0) is 110 Å². The summed E-state index contributed by atoms with van der Waals surface area (Å²) >= 11 is 0. The van der Waals surface area contributed by atoms with Crippen LogP contribution in [0.3, 0.4) is 0 Å². The van der Waals surface area contributed by atoms with E-state index in [-0.39, 0.29) is 33.9 Å². The van der Waals surface area contributed by atoms with E-state index in [4.69, 9.17) is 28.4 Å². The summed E-state index contributed by atoms with van der Waals surface area (Å²) in [6, 6.07) is 24.4. The van der Waals surface area contributed by atoms with Gasteiger partial charge in [0.05, 0.1) is 36.5 Å². The van der Waals surface area contributed by atoms with Crippen molar-refractivity contribution in [3.8, 4) is 34.5 Å². The Kier molecular flexibility index (Phi) is 24.5. The Morgan fingerprint density at radius 3 is 0.746 bits per heavy atom. The zero-order chi connectivity index (χ0) is 44.7. The van der Waals surface area contributed by atoms with Gasteiger partial charge in [-0.3, -0.25) is 0 Å². The van der Waals surface area contributed by atoms with Gasteiger partial charge in [0, 0.05) is 0 Å². The Labute approximate surface area is 377 Å². The zero-order valence-corrected chi connectivity index (χ0v) is 38.3. The van der Waals surface area contributed by atoms with Gasteiger partial charge in [-0.1, -0.05) is 136 Å². The monoisotopic (exact) mass is 865 g/mol. The first-order valence-electron chi connectivity index (χ1n) is 23.9. The highest BCUT2D eigenvalue weighted by molar-refractivity contribution is 6.01. The molecule has 0 aliphatic carbocycles. The molecular weight excluding hydrogens is 793 g/mol. The molecule has 0 aliphatic heterocycles. The molecule has 0 aliphatic rings. The fourth-order valence-corrected chi connectivity index (χ4v) is 7.04. The van der Waals surface area contributed by atoms with E-state index < -0.39 is 17.9 Å². The highest BCUT2D eigenvalue weighted by atomic mass is 16.5. The van der Waals surface area contributed by atoms with Gasteiger partial charge in [0.2, 0.25) is 0 Å². The third kappa shape index (κ3) is 20.6. The molecule has 0 unspecified atom stereocenters. The number of benzene rings is 4. The second-order valence-electron chi connectivity index (χ2n) is 16.3.